The van der Waals surface area contributed by atoms with Crippen molar-refractivity contribution in [1.29, 1.82) is 0 Å². The summed E-state index contributed by atoms with van der Waals surface area (Å²) in [7, 11) is 0. The lowest BCUT2D eigenvalue weighted by Gasteiger charge is -2.26. The highest BCUT2D eigenvalue weighted by molar-refractivity contribution is 5.94. The Bertz CT molecular complexity index is 521. The van der Waals surface area contributed by atoms with E-state index in [0.717, 1.165) is 0 Å². The van der Waals surface area contributed by atoms with Crippen LogP contribution in [0.4, 0.5) is 0 Å². The molecular weight excluding hydrogens is 340 g/mol. The zero-order valence-corrected chi connectivity index (χ0v) is 16.3. The fourth-order valence-corrected chi connectivity index (χ4v) is 2.15. The Balaban J connectivity index is 5.02. The topological polar surface area (TPSA) is 151 Å². The average molecular weight is 372 g/mol. The van der Waals surface area contributed by atoms with Gasteiger partial charge in [0.25, 0.3) is 0 Å². The quantitative estimate of drug-likeness (QED) is 0.352. The molecule has 0 fully saturated rings. The van der Waals surface area contributed by atoms with Crippen LogP contribution in [-0.4, -0.2) is 53.0 Å². The molecule has 0 aromatic heterocycles. The molecule has 0 radical (unpaired) electrons. The maximum Gasteiger partial charge on any atom is 0.326 e. The summed E-state index contributed by atoms with van der Waals surface area (Å²) in [4.78, 5) is 47.7. The van der Waals surface area contributed by atoms with E-state index in [9.17, 15) is 19.2 Å². The van der Waals surface area contributed by atoms with Gasteiger partial charge in [0.05, 0.1) is 6.04 Å². The molecule has 0 spiro atoms. The molecule has 0 bridgehead atoms. The van der Waals surface area contributed by atoms with Crippen LogP contribution in [0.25, 0.3) is 0 Å². The van der Waals surface area contributed by atoms with E-state index in [1.165, 1.54) is 13.8 Å². The van der Waals surface area contributed by atoms with Gasteiger partial charge in [-0.25, -0.2) is 4.79 Å². The van der Waals surface area contributed by atoms with Crippen LogP contribution in [0.5, 0.6) is 0 Å². The van der Waals surface area contributed by atoms with Gasteiger partial charge < -0.3 is 26.8 Å². The molecule has 9 nitrogen and oxygen atoms in total. The summed E-state index contributed by atoms with van der Waals surface area (Å²) in [5, 5.41) is 16.7. The lowest BCUT2D eigenvalue weighted by atomic mass is 9.97. The molecule has 0 unspecified atom stereocenters. The third kappa shape index (κ3) is 7.38. The van der Waals surface area contributed by atoms with Gasteiger partial charge in [0.1, 0.15) is 18.1 Å². The SMILES string of the molecule is CC[C@H](C)[C@H](NC(=O)[C@H](C)N)C(=O)N[C@@H](C)C(=O)N[C@H](C(=O)O)C(C)C. The van der Waals surface area contributed by atoms with Gasteiger partial charge in [-0.05, 0) is 25.7 Å². The largest absolute Gasteiger partial charge is 0.480 e. The Hall–Kier alpha value is -2.16. The molecule has 0 aromatic rings. The molecule has 0 heterocycles. The highest BCUT2D eigenvalue weighted by atomic mass is 16.4. The van der Waals surface area contributed by atoms with Crippen LogP contribution < -0.4 is 21.7 Å². The van der Waals surface area contributed by atoms with E-state index in [1.54, 1.807) is 20.8 Å². The van der Waals surface area contributed by atoms with Crippen LogP contribution in [0, 0.1) is 11.8 Å². The number of carbonyl (C=O) groups is 4. The van der Waals surface area contributed by atoms with Crippen molar-refractivity contribution in [3.8, 4) is 0 Å². The molecule has 0 aliphatic heterocycles. The van der Waals surface area contributed by atoms with E-state index in [2.05, 4.69) is 16.0 Å². The normalized spacial score (nSPS) is 16.8. The van der Waals surface area contributed by atoms with Crippen molar-refractivity contribution < 1.29 is 24.3 Å². The summed E-state index contributed by atoms with van der Waals surface area (Å²) in [6, 6.07) is -3.61. The first-order valence-corrected chi connectivity index (χ1v) is 8.81. The number of hydrogen-bond acceptors (Lipinski definition) is 5. The van der Waals surface area contributed by atoms with Crippen LogP contribution in [-0.2, 0) is 19.2 Å². The number of carbonyl (C=O) groups excluding carboxylic acids is 3. The monoisotopic (exact) mass is 372 g/mol. The second kappa shape index (κ2) is 10.7. The van der Waals surface area contributed by atoms with Crippen LogP contribution >= 0.6 is 0 Å². The molecule has 150 valence electrons. The van der Waals surface area contributed by atoms with E-state index >= 15 is 0 Å². The van der Waals surface area contributed by atoms with E-state index in [1.807, 2.05) is 6.92 Å². The number of nitrogens with one attached hydrogen (secondary N) is 3. The van der Waals surface area contributed by atoms with Crippen molar-refractivity contribution >= 4 is 23.7 Å². The van der Waals surface area contributed by atoms with Gasteiger partial charge in [0.2, 0.25) is 17.7 Å². The van der Waals surface area contributed by atoms with Crippen molar-refractivity contribution in [3.63, 3.8) is 0 Å². The fraction of sp³-hybridized carbons (Fsp3) is 0.765. The van der Waals surface area contributed by atoms with Crippen molar-refractivity contribution in [1.82, 2.24) is 16.0 Å². The molecule has 0 saturated heterocycles. The standard InChI is InChI=1S/C17H32N4O5/c1-7-9(4)13(21-14(22)10(5)18)16(24)19-11(6)15(23)20-12(8(2)3)17(25)26/h8-13H,7,18H2,1-6H3,(H,19,24)(H,20,23)(H,21,22)(H,25,26)/t9-,10-,11-,12-,13-/m0/s1. The van der Waals surface area contributed by atoms with Gasteiger partial charge in [-0.1, -0.05) is 34.1 Å². The highest BCUT2D eigenvalue weighted by Gasteiger charge is 2.30. The smallest absolute Gasteiger partial charge is 0.326 e. The first-order valence-electron chi connectivity index (χ1n) is 8.81. The maximum atomic E-state index is 12.5. The number of nitrogens with two attached hydrogens (primary N) is 1. The van der Waals surface area contributed by atoms with Gasteiger partial charge in [0, 0.05) is 0 Å². The number of amides is 3. The molecule has 9 heteroatoms. The summed E-state index contributed by atoms with van der Waals surface area (Å²) in [6.07, 6.45) is 0.631. The van der Waals surface area contributed by atoms with Crippen LogP contribution in [0.1, 0.15) is 48.0 Å². The molecular formula is C17H32N4O5. The molecule has 0 aliphatic carbocycles. The molecule has 6 N–H and O–H groups in total. The van der Waals surface area contributed by atoms with Gasteiger partial charge in [0.15, 0.2) is 0 Å². The van der Waals surface area contributed by atoms with Gasteiger partial charge >= 0.3 is 5.97 Å². The Morgan fingerprint density at radius 2 is 1.35 bits per heavy atom. The fourth-order valence-electron chi connectivity index (χ4n) is 2.15. The maximum absolute atomic E-state index is 12.5. The Kier molecular flexibility index (Phi) is 9.85. The summed E-state index contributed by atoms with van der Waals surface area (Å²) >= 11 is 0. The molecule has 0 aromatic carbocycles. The predicted molar refractivity (Wildman–Crippen MR) is 97.0 cm³/mol. The van der Waals surface area contributed by atoms with Gasteiger partial charge in [-0.15, -0.1) is 0 Å². The third-order valence-electron chi connectivity index (χ3n) is 4.19. The summed E-state index contributed by atoms with van der Waals surface area (Å²) in [5.74, 6) is -3.22. The van der Waals surface area contributed by atoms with E-state index < -0.39 is 47.9 Å². The number of rotatable bonds is 10. The van der Waals surface area contributed by atoms with E-state index in [-0.39, 0.29) is 11.8 Å². The van der Waals surface area contributed by atoms with E-state index in [4.69, 9.17) is 10.8 Å². The number of carboxylic acid groups (broad SMARTS) is 1. The molecule has 5 atom stereocenters. The molecule has 3 amide bonds. The summed E-state index contributed by atoms with van der Waals surface area (Å²) in [6.45, 7) is 9.98. The first kappa shape index (κ1) is 23.8. The molecule has 26 heavy (non-hydrogen) atoms. The second-order valence-corrected chi connectivity index (χ2v) is 6.96. The number of aliphatic carboxylic acids is 1. The lowest BCUT2D eigenvalue weighted by Crippen LogP contribution is -2.58. The van der Waals surface area contributed by atoms with Crippen LogP contribution in [0.3, 0.4) is 0 Å². The first-order chi connectivity index (χ1) is 11.9. The zero-order valence-electron chi connectivity index (χ0n) is 16.3. The van der Waals surface area contributed by atoms with Crippen molar-refractivity contribution in [2.45, 2.75) is 72.1 Å². The number of carboxylic acids is 1. The Morgan fingerprint density at radius 1 is 0.846 bits per heavy atom. The predicted octanol–water partition coefficient (Wildman–Crippen LogP) is -0.405. The van der Waals surface area contributed by atoms with Crippen LogP contribution in [0.2, 0.25) is 0 Å². The van der Waals surface area contributed by atoms with Crippen LogP contribution in [0.15, 0.2) is 0 Å². The van der Waals surface area contributed by atoms with Crippen molar-refractivity contribution in [2.75, 3.05) is 0 Å². The Labute approximate surface area is 154 Å². The molecule has 0 saturated carbocycles. The summed E-state index contributed by atoms with van der Waals surface area (Å²) < 4.78 is 0. The minimum atomic E-state index is -1.14. The lowest BCUT2D eigenvalue weighted by molar-refractivity contribution is -0.143. The van der Waals surface area contributed by atoms with Crippen molar-refractivity contribution in [3.05, 3.63) is 0 Å². The average Bonchev–Trinajstić information content (AvgIpc) is 2.55. The summed E-state index contributed by atoms with van der Waals surface area (Å²) in [5.41, 5.74) is 5.52. The number of hydrogen-bond donors (Lipinski definition) is 5. The van der Waals surface area contributed by atoms with Gasteiger partial charge in [-0.3, -0.25) is 14.4 Å². The minimum absolute atomic E-state index is 0.171. The van der Waals surface area contributed by atoms with Crippen molar-refractivity contribution in [2.24, 2.45) is 17.6 Å². The third-order valence-corrected chi connectivity index (χ3v) is 4.19. The molecule has 0 aliphatic rings. The molecule has 0 rings (SSSR count). The zero-order chi connectivity index (χ0) is 20.6. The Morgan fingerprint density at radius 3 is 1.73 bits per heavy atom. The highest BCUT2D eigenvalue weighted by Crippen LogP contribution is 2.09. The van der Waals surface area contributed by atoms with Gasteiger partial charge in [-0.2, -0.15) is 0 Å². The minimum Gasteiger partial charge on any atom is -0.480 e. The van der Waals surface area contributed by atoms with E-state index in [0.29, 0.717) is 6.42 Å². The second-order valence-electron chi connectivity index (χ2n) is 6.96.